The van der Waals surface area contributed by atoms with Crippen LogP contribution in [0.2, 0.25) is 5.02 Å². The lowest BCUT2D eigenvalue weighted by Crippen LogP contribution is -2.08. The molecule has 128 valence electrons. The molecule has 2 aromatic carbocycles. The molecule has 0 spiro atoms. The molecule has 0 aliphatic rings. The minimum atomic E-state index is -0.346. The Kier molecular flexibility index (Phi) is 5.56. The Morgan fingerprint density at radius 2 is 1.96 bits per heavy atom. The second kappa shape index (κ2) is 7.85. The summed E-state index contributed by atoms with van der Waals surface area (Å²) in [6.45, 7) is 2.09. The predicted molar refractivity (Wildman–Crippen MR) is 100 cm³/mol. The molecule has 3 rings (SSSR count). The number of benzene rings is 2. The van der Waals surface area contributed by atoms with E-state index in [0.29, 0.717) is 29.0 Å². The van der Waals surface area contributed by atoms with Gasteiger partial charge in [0.2, 0.25) is 5.89 Å². The van der Waals surface area contributed by atoms with Gasteiger partial charge in [-0.25, -0.2) is 4.98 Å². The van der Waals surface area contributed by atoms with Gasteiger partial charge in [-0.3, -0.25) is 4.79 Å². The normalized spacial score (nSPS) is 10.7. The van der Waals surface area contributed by atoms with Crippen LogP contribution in [0.1, 0.15) is 12.6 Å². The molecule has 1 aromatic heterocycles. The van der Waals surface area contributed by atoms with Crippen LogP contribution in [-0.4, -0.2) is 17.6 Å². The van der Waals surface area contributed by atoms with Crippen LogP contribution in [0.15, 0.2) is 57.4 Å². The Bertz CT molecular complexity index is 890. The minimum absolute atomic E-state index is 0.0374. The van der Waals surface area contributed by atoms with Crippen LogP contribution in [0.5, 0.6) is 0 Å². The fourth-order valence-electron chi connectivity index (χ4n) is 2.39. The second-order valence-electron chi connectivity index (χ2n) is 5.29. The van der Waals surface area contributed by atoms with Crippen molar-refractivity contribution >= 4 is 33.5 Å². The van der Waals surface area contributed by atoms with Crippen LogP contribution in [0.25, 0.3) is 22.8 Å². The molecule has 0 radical (unpaired) electrons. The maximum atomic E-state index is 11.9. The molecule has 0 saturated heterocycles. The molecule has 0 amide bonds. The van der Waals surface area contributed by atoms with Crippen LogP contribution in [0.3, 0.4) is 0 Å². The van der Waals surface area contributed by atoms with E-state index in [-0.39, 0.29) is 12.4 Å². The van der Waals surface area contributed by atoms with Crippen LogP contribution in [0, 0.1) is 0 Å². The predicted octanol–water partition coefficient (Wildman–Crippen LogP) is 5.53. The largest absolute Gasteiger partial charge is 0.466 e. The number of ether oxygens (including phenoxy) is 1. The SMILES string of the molecule is CCOC(=O)Cc1nc(-c2ccc(Br)cc2)oc1-c1cccc(Cl)c1. The van der Waals surface area contributed by atoms with E-state index in [1.807, 2.05) is 36.4 Å². The van der Waals surface area contributed by atoms with E-state index >= 15 is 0 Å². The second-order valence-corrected chi connectivity index (χ2v) is 6.65. The first-order valence-corrected chi connectivity index (χ1v) is 8.91. The van der Waals surface area contributed by atoms with Crippen molar-refractivity contribution in [2.75, 3.05) is 6.61 Å². The molecule has 0 atom stereocenters. The summed E-state index contributed by atoms with van der Waals surface area (Å²) in [7, 11) is 0. The monoisotopic (exact) mass is 419 g/mol. The van der Waals surface area contributed by atoms with Crippen molar-refractivity contribution in [1.29, 1.82) is 0 Å². The highest BCUT2D eigenvalue weighted by atomic mass is 79.9. The molecular formula is C19H15BrClNO3. The van der Waals surface area contributed by atoms with Gasteiger partial charge in [0.05, 0.1) is 18.7 Å². The van der Waals surface area contributed by atoms with E-state index in [1.165, 1.54) is 0 Å². The maximum Gasteiger partial charge on any atom is 0.312 e. The average Bonchev–Trinajstić information content (AvgIpc) is 2.99. The van der Waals surface area contributed by atoms with E-state index in [9.17, 15) is 4.79 Å². The van der Waals surface area contributed by atoms with E-state index in [1.54, 1.807) is 19.1 Å². The standard InChI is InChI=1S/C19H15BrClNO3/c1-2-24-17(23)11-16-18(13-4-3-5-15(21)10-13)25-19(22-16)12-6-8-14(20)9-7-12/h3-10H,2,11H2,1H3. The Morgan fingerprint density at radius 3 is 2.64 bits per heavy atom. The van der Waals surface area contributed by atoms with Gasteiger partial charge in [-0.2, -0.15) is 0 Å². The molecule has 25 heavy (non-hydrogen) atoms. The summed E-state index contributed by atoms with van der Waals surface area (Å²) >= 11 is 9.49. The first-order valence-electron chi connectivity index (χ1n) is 7.74. The van der Waals surface area contributed by atoms with Gasteiger partial charge >= 0.3 is 5.97 Å². The third kappa shape index (κ3) is 4.30. The third-order valence-electron chi connectivity index (χ3n) is 3.49. The molecule has 0 N–H and O–H groups in total. The van der Waals surface area contributed by atoms with Gasteiger partial charge in [0.1, 0.15) is 0 Å². The van der Waals surface area contributed by atoms with Gasteiger partial charge in [0, 0.05) is 20.6 Å². The molecule has 0 aliphatic heterocycles. The highest BCUT2D eigenvalue weighted by Gasteiger charge is 2.19. The molecule has 0 fully saturated rings. The fraction of sp³-hybridized carbons (Fsp3) is 0.158. The Hall–Kier alpha value is -2.11. The summed E-state index contributed by atoms with van der Waals surface area (Å²) in [6.07, 6.45) is 0.0374. The van der Waals surface area contributed by atoms with Crippen LogP contribution >= 0.6 is 27.5 Å². The summed E-state index contributed by atoms with van der Waals surface area (Å²) in [5.41, 5.74) is 2.11. The van der Waals surface area contributed by atoms with Crippen molar-refractivity contribution in [3.63, 3.8) is 0 Å². The van der Waals surface area contributed by atoms with Crippen molar-refractivity contribution < 1.29 is 13.9 Å². The first-order chi connectivity index (χ1) is 12.1. The fourth-order valence-corrected chi connectivity index (χ4v) is 2.85. The summed E-state index contributed by atoms with van der Waals surface area (Å²) in [4.78, 5) is 16.4. The molecule has 0 aliphatic carbocycles. The maximum absolute atomic E-state index is 11.9. The van der Waals surface area contributed by atoms with E-state index in [4.69, 9.17) is 20.8 Å². The topological polar surface area (TPSA) is 52.3 Å². The Balaban J connectivity index is 2.04. The Labute approximate surface area is 158 Å². The van der Waals surface area contributed by atoms with Gasteiger partial charge in [0.25, 0.3) is 0 Å². The van der Waals surface area contributed by atoms with E-state index < -0.39 is 0 Å². The zero-order chi connectivity index (χ0) is 17.8. The number of carbonyl (C=O) groups excluding carboxylic acids is 1. The van der Waals surface area contributed by atoms with Gasteiger partial charge in [-0.15, -0.1) is 0 Å². The molecule has 4 nitrogen and oxygen atoms in total. The number of oxazole rings is 1. The average molecular weight is 421 g/mol. The lowest BCUT2D eigenvalue weighted by molar-refractivity contribution is -0.142. The molecule has 0 unspecified atom stereocenters. The quantitative estimate of drug-likeness (QED) is 0.509. The van der Waals surface area contributed by atoms with Gasteiger partial charge in [-0.1, -0.05) is 39.7 Å². The number of halogens is 2. The number of aromatic nitrogens is 1. The van der Waals surface area contributed by atoms with Crippen molar-refractivity contribution in [3.05, 3.63) is 63.7 Å². The van der Waals surface area contributed by atoms with Crippen LogP contribution in [0.4, 0.5) is 0 Å². The third-order valence-corrected chi connectivity index (χ3v) is 4.26. The summed E-state index contributed by atoms with van der Waals surface area (Å²) < 4.78 is 12.0. The Morgan fingerprint density at radius 1 is 1.20 bits per heavy atom. The zero-order valence-electron chi connectivity index (χ0n) is 13.5. The zero-order valence-corrected chi connectivity index (χ0v) is 15.8. The molecule has 6 heteroatoms. The summed E-state index contributed by atoms with van der Waals surface area (Å²) in [5.74, 6) is 0.622. The summed E-state index contributed by atoms with van der Waals surface area (Å²) in [6, 6.07) is 14.9. The highest BCUT2D eigenvalue weighted by Crippen LogP contribution is 2.32. The molecule has 3 aromatic rings. The number of rotatable bonds is 5. The lowest BCUT2D eigenvalue weighted by atomic mass is 10.1. The minimum Gasteiger partial charge on any atom is -0.466 e. The molecule has 1 heterocycles. The number of carbonyl (C=O) groups is 1. The molecular weight excluding hydrogens is 406 g/mol. The van der Waals surface area contributed by atoms with Crippen molar-refractivity contribution in [2.24, 2.45) is 0 Å². The molecule has 0 saturated carbocycles. The number of hydrogen-bond acceptors (Lipinski definition) is 4. The van der Waals surface area contributed by atoms with E-state index in [2.05, 4.69) is 20.9 Å². The highest BCUT2D eigenvalue weighted by molar-refractivity contribution is 9.10. The van der Waals surface area contributed by atoms with Gasteiger partial charge < -0.3 is 9.15 Å². The smallest absolute Gasteiger partial charge is 0.312 e. The number of hydrogen-bond donors (Lipinski definition) is 0. The molecule has 0 bridgehead atoms. The van der Waals surface area contributed by atoms with Crippen LogP contribution in [-0.2, 0) is 16.0 Å². The number of nitrogens with zero attached hydrogens (tertiary/aromatic N) is 1. The number of esters is 1. The summed E-state index contributed by atoms with van der Waals surface area (Å²) in [5, 5.41) is 0.584. The van der Waals surface area contributed by atoms with Crippen molar-refractivity contribution in [3.8, 4) is 22.8 Å². The van der Waals surface area contributed by atoms with Crippen LogP contribution < -0.4 is 0 Å². The van der Waals surface area contributed by atoms with Crippen molar-refractivity contribution in [2.45, 2.75) is 13.3 Å². The lowest BCUT2D eigenvalue weighted by Gasteiger charge is -2.02. The van der Waals surface area contributed by atoms with Gasteiger partial charge in [-0.05, 0) is 43.3 Å². The van der Waals surface area contributed by atoms with Crippen molar-refractivity contribution in [1.82, 2.24) is 4.98 Å². The van der Waals surface area contributed by atoms with Gasteiger partial charge in [0.15, 0.2) is 5.76 Å². The van der Waals surface area contributed by atoms with E-state index in [0.717, 1.165) is 15.6 Å². The first kappa shape index (κ1) is 17.7.